The summed E-state index contributed by atoms with van der Waals surface area (Å²) in [5, 5.41) is 1.13. The molecule has 68 valence electrons. The quantitative estimate of drug-likeness (QED) is 0.691. The lowest BCUT2D eigenvalue weighted by molar-refractivity contribution is -0.108. The Hall–Kier alpha value is -0.530. The highest BCUT2D eigenvalue weighted by molar-refractivity contribution is 6.42. The average molecular weight is 215 g/mol. The second-order valence-electron chi connectivity index (χ2n) is 3.32. The first kappa shape index (κ1) is 9.04. The monoisotopic (exact) mass is 214 g/mol. The summed E-state index contributed by atoms with van der Waals surface area (Å²) in [6.07, 6.45) is 1.95. The minimum Gasteiger partial charge on any atom is -0.303 e. The number of carbonyl (C=O) groups is 1. The highest BCUT2D eigenvalue weighted by atomic mass is 35.5. The zero-order chi connectivity index (χ0) is 9.42. The van der Waals surface area contributed by atoms with Crippen LogP contribution in [0.2, 0.25) is 10.0 Å². The van der Waals surface area contributed by atoms with E-state index in [0.29, 0.717) is 16.0 Å². The Morgan fingerprint density at radius 1 is 1.31 bits per heavy atom. The standard InChI is InChI=1S/C10H8Cl2O/c11-9-2-1-6(4-10(9)12)8-3-7(8)5-13/h1-2,4-5,7-8H,3H2. The van der Waals surface area contributed by atoms with Crippen LogP contribution in [0.25, 0.3) is 0 Å². The largest absolute Gasteiger partial charge is 0.303 e. The summed E-state index contributed by atoms with van der Waals surface area (Å²) in [4.78, 5) is 10.4. The molecule has 0 N–H and O–H groups in total. The van der Waals surface area contributed by atoms with Gasteiger partial charge in [-0.2, -0.15) is 0 Å². The Balaban J connectivity index is 2.23. The number of carbonyl (C=O) groups excluding carboxylic acids is 1. The van der Waals surface area contributed by atoms with Crippen LogP contribution < -0.4 is 0 Å². The predicted molar refractivity (Wildman–Crippen MR) is 53.4 cm³/mol. The van der Waals surface area contributed by atoms with Crippen molar-refractivity contribution in [3.8, 4) is 0 Å². The average Bonchev–Trinajstić information content (AvgIpc) is 2.88. The molecule has 1 aromatic rings. The summed E-state index contributed by atoms with van der Waals surface area (Å²) < 4.78 is 0. The maximum absolute atomic E-state index is 10.4. The van der Waals surface area contributed by atoms with Crippen LogP contribution in [0, 0.1) is 5.92 Å². The molecule has 0 aromatic heterocycles. The van der Waals surface area contributed by atoms with Crippen LogP contribution in [-0.2, 0) is 4.79 Å². The Labute approximate surface area is 86.7 Å². The lowest BCUT2D eigenvalue weighted by Crippen LogP contribution is -1.84. The van der Waals surface area contributed by atoms with Gasteiger partial charge < -0.3 is 4.79 Å². The van der Waals surface area contributed by atoms with Gasteiger partial charge in [-0.1, -0.05) is 29.3 Å². The fourth-order valence-electron chi connectivity index (χ4n) is 1.49. The predicted octanol–water partition coefficient (Wildman–Crippen LogP) is 3.30. The number of rotatable bonds is 2. The molecule has 2 rings (SSSR count). The van der Waals surface area contributed by atoms with Crippen molar-refractivity contribution in [1.29, 1.82) is 0 Å². The molecule has 1 aliphatic rings. The minimum absolute atomic E-state index is 0.192. The fraction of sp³-hybridized carbons (Fsp3) is 0.300. The van der Waals surface area contributed by atoms with Crippen molar-refractivity contribution in [3.05, 3.63) is 33.8 Å². The lowest BCUT2D eigenvalue weighted by atomic mass is 10.1. The summed E-state index contributed by atoms with van der Waals surface area (Å²) in [5.74, 6) is 0.560. The van der Waals surface area contributed by atoms with Gasteiger partial charge in [-0.05, 0) is 30.0 Å². The van der Waals surface area contributed by atoms with Gasteiger partial charge in [-0.15, -0.1) is 0 Å². The number of aldehydes is 1. The third kappa shape index (κ3) is 1.72. The van der Waals surface area contributed by atoms with Crippen LogP contribution in [0.15, 0.2) is 18.2 Å². The van der Waals surface area contributed by atoms with E-state index in [1.165, 1.54) is 0 Å². The maximum atomic E-state index is 10.4. The summed E-state index contributed by atoms with van der Waals surface area (Å²) in [6, 6.07) is 5.56. The fourth-order valence-corrected chi connectivity index (χ4v) is 1.80. The van der Waals surface area contributed by atoms with Gasteiger partial charge in [0.2, 0.25) is 0 Å². The van der Waals surface area contributed by atoms with E-state index in [1.54, 1.807) is 6.07 Å². The molecule has 2 unspecified atom stereocenters. The van der Waals surface area contributed by atoms with E-state index < -0.39 is 0 Å². The van der Waals surface area contributed by atoms with Crippen LogP contribution in [0.5, 0.6) is 0 Å². The molecule has 0 heterocycles. The molecule has 13 heavy (non-hydrogen) atoms. The van der Waals surface area contributed by atoms with Crippen molar-refractivity contribution >= 4 is 29.5 Å². The van der Waals surface area contributed by atoms with Crippen molar-refractivity contribution < 1.29 is 4.79 Å². The molecule has 0 saturated heterocycles. The van der Waals surface area contributed by atoms with Gasteiger partial charge in [0.25, 0.3) is 0 Å². The molecule has 1 saturated carbocycles. The number of hydrogen-bond acceptors (Lipinski definition) is 1. The van der Waals surface area contributed by atoms with Gasteiger partial charge in [0, 0.05) is 5.92 Å². The highest BCUT2D eigenvalue weighted by Crippen LogP contribution is 2.46. The molecule has 0 aliphatic heterocycles. The van der Waals surface area contributed by atoms with E-state index in [9.17, 15) is 4.79 Å². The van der Waals surface area contributed by atoms with Gasteiger partial charge >= 0.3 is 0 Å². The van der Waals surface area contributed by atoms with Crippen molar-refractivity contribution in [3.63, 3.8) is 0 Å². The second kappa shape index (κ2) is 3.32. The maximum Gasteiger partial charge on any atom is 0.123 e. The summed E-state index contributed by atoms with van der Waals surface area (Å²) in [5.41, 5.74) is 1.12. The summed E-state index contributed by atoms with van der Waals surface area (Å²) in [6.45, 7) is 0. The normalized spacial score (nSPS) is 25.7. The van der Waals surface area contributed by atoms with E-state index in [2.05, 4.69) is 0 Å². The molecule has 1 aromatic carbocycles. The van der Waals surface area contributed by atoms with Crippen LogP contribution in [0.1, 0.15) is 17.9 Å². The highest BCUT2D eigenvalue weighted by Gasteiger charge is 2.38. The summed E-state index contributed by atoms with van der Waals surface area (Å²) >= 11 is 11.6. The molecule has 1 nitrogen and oxygen atoms in total. The molecular weight excluding hydrogens is 207 g/mol. The first-order chi connectivity index (χ1) is 6.22. The topological polar surface area (TPSA) is 17.1 Å². The van der Waals surface area contributed by atoms with Crippen molar-refractivity contribution in [2.24, 2.45) is 5.92 Å². The van der Waals surface area contributed by atoms with Gasteiger partial charge in [-0.25, -0.2) is 0 Å². The Kier molecular flexibility index (Phi) is 2.31. The van der Waals surface area contributed by atoms with E-state index >= 15 is 0 Å². The lowest BCUT2D eigenvalue weighted by Gasteiger charge is -2.00. The number of benzene rings is 1. The second-order valence-corrected chi connectivity index (χ2v) is 4.13. The molecule has 0 amide bonds. The zero-order valence-electron chi connectivity index (χ0n) is 6.84. The molecule has 2 atom stereocenters. The molecular formula is C10H8Cl2O. The van der Waals surface area contributed by atoms with Crippen LogP contribution >= 0.6 is 23.2 Å². The molecule has 0 spiro atoms. The Morgan fingerprint density at radius 3 is 2.62 bits per heavy atom. The Morgan fingerprint density at radius 2 is 2.08 bits per heavy atom. The molecule has 0 radical (unpaired) electrons. The SMILES string of the molecule is O=CC1CC1c1ccc(Cl)c(Cl)c1. The van der Waals surface area contributed by atoms with Gasteiger partial charge in [0.05, 0.1) is 10.0 Å². The smallest absolute Gasteiger partial charge is 0.123 e. The van der Waals surface area contributed by atoms with E-state index in [4.69, 9.17) is 23.2 Å². The number of halogens is 2. The molecule has 1 aliphatic carbocycles. The van der Waals surface area contributed by atoms with Crippen LogP contribution in [0.3, 0.4) is 0 Å². The van der Waals surface area contributed by atoms with Crippen molar-refractivity contribution in [2.75, 3.05) is 0 Å². The van der Waals surface area contributed by atoms with Gasteiger partial charge in [0.15, 0.2) is 0 Å². The minimum atomic E-state index is 0.192. The van der Waals surface area contributed by atoms with E-state index in [-0.39, 0.29) is 5.92 Å². The van der Waals surface area contributed by atoms with Crippen LogP contribution in [-0.4, -0.2) is 6.29 Å². The molecule has 0 bridgehead atoms. The van der Waals surface area contributed by atoms with Gasteiger partial charge in [-0.3, -0.25) is 0 Å². The van der Waals surface area contributed by atoms with Crippen LogP contribution in [0.4, 0.5) is 0 Å². The van der Waals surface area contributed by atoms with Gasteiger partial charge in [0.1, 0.15) is 6.29 Å². The third-order valence-electron chi connectivity index (χ3n) is 2.39. The molecule has 1 fully saturated rings. The zero-order valence-corrected chi connectivity index (χ0v) is 8.35. The van der Waals surface area contributed by atoms with E-state index in [0.717, 1.165) is 18.3 Å². The summed E-state index contributed by atoms with van der Waals surface area (Å²) in [7, 11) is 0. The first-order valence-electron chi connectivity index (χ1n) is 4.12. The van der Waals surface area contributed by atoms with Crippen molar-refractivity contribution in [2.45, 2.75) is 12.3 Å². The van der Waals surface area contributed by atoms with E-state index in [1.807, 2.05) is 12.1 Å². The molecule has 3 heteroatoms. The first-order valence-corrected chi connectivity index (χ1v) is 4.88. The number of hydrogen-bond donors (Lipinski definition) is 0. The third-order valence-corrected chi connectivity index (χ3v) is 3.13. The van der Waals surface area contributed by atoms with Crippen molar-refractivity contribution in [1.82, 2.24) is 0 Å². The Bertz CT molecular complexity index is 349.